The predicted molar refractivity (Wildman–Crippen MR) is 90.0 cm³/mol. The topological polar surface area (TPSA) is 64.1 Å². The van der Waals surface area contributed by atoms with Gasteiger partial charge in [0.05, 0.1) is 18.7 Å². The van der Waals surface area contributed by atoms with E-state index in [4.69, 9.17) is 4.74 Å². The Hall–Kier alpha value is -2.08. The maximum atomic E-state index is 12.4. The third-order valence-electron chi connectivity index (χ3n) is 4.04. The van der Waals surface area contributed by atoms with Gasteiger partial charge < -0.3 is 10.1 Å². The highest BCUT2D eigenvalue weighted by atomic mass is 32.2. The highest BCUT2D eigenvalue weighted by molar-refractivity contribution is 7.98. The zero-order valence-electron chi connectivity index (χ0n) is 13.2. The molecule has 23 heavy (non-hydrogen) atoms. The number of rotatable bonds is 4. The zero-order valence-corrected chi connectivity index (χ0v) is 14.0. The number of aromatic nitrogens is 2. The third-order valence-corrected chi connectivity index (χ3v) is 4.62. The molecule has 3 rings (SSSR count). The van der Waals surface area contributed by atoms with Crippen LogP contribution in [0, 0.1) is 0 Å². The van der Waals surface area contributed by atoms with Gasteiger partial charge in [-0.25, -0.2) is 9.97 Å². The summed E-state index contributed by atoms with van der Waals surface area (Å²) in [7, 11) is 1.67. The number of methoxy groups -OCH3 is 1. The van der Waals surface area contributed by atoms with Gasteiger partial charge in [0.25, 0.3) is 5.91 Å². The van der Waals surface area contributed by atoms with Crippen LogP contribution in [0.25, 0.3) is 0 Å². The fourth-order valence-electron chi connectivity index (χ4n) is 2.85. The molecule has 5 nitrogen and oxygen atoms in total. The molecule has 6 heteroatoms. The Morgan fingerprint density at radius 1 is 1.35 bits per heavy atom. The molecule has 0 saturated heterocycles. The van der Waals surface area contributed by atoms with Gasteiger partial charge in [0.1, 0.15) is 5.75 Å². The van der Waals surface area contributed by atoms with E-state index in [0.29, 0.717) is 10.7 Å². The molecule has 0 bridgehead atoms. The van der Waals surface area contributed by atoms with E-state index in [1.165, 1.54) is 22.9 Å². The van der Waals surface area contributed by atoms with Gasteiger partial charge in [-0.15, -0.1) is 0 Å². The van der Waals surface area contributed by atoms with E-state index in [2.05, 4.69) is 21.4 Å². The van der Waals surface area contributed by atoms with Gasteiger partial charge in [-0.2, -0.15) is 0 Å². The number of benzene rings is 1. The highest BCUT2D eigenvalue weighted by Gasteiger charge is 2.23. The number of carbonyl (C=O) groups is 1. The molecular formula is C17H19N3O2S. The normalized spacial score (nSPS) is 16.5. The number of hydrogen-bond donors (Lipinski definition) is 1. The van der Waals surface area contributed by atoms with Crippen LogP contribution < -0.4 is 10.1 Å². The first-order chi connectivity index (χ1) is 11.2. The van der Waals surface area contributed by atoms with Gasteiger partial charge in [0.2, 0.25) is 0 Å². The Labute approximate surface area is 139 Å². The lowest BCUT2D eigenvalue weighted by atomic mass is 9.87. The summed E-state index contributed by atoms with van der Waals surface area (Å²) < 4.78 is 5.28. The number of amides is 1. The Balaban J connectivity index is 1.77. The van der Waals surface area contributed by atoms with Crippen LogP contribution in [0.15, 0.2) is 35.7 Å². The number of aryl methyl sites for hydroxylation is 1. The second-order valence-corrected chi connectivity index (χ2v) is 6.21. The van der Waals surface area contributed by atoms with Gasteiger partial charge in [-0.1, -0.05) is 17.8 Å². The van der Waals surface area contributed by atoms with Gasteiger partial charge in [-0.3, -0.25) is 4.79 Å². The molecule has 0 unspecified atom stereocenters. The Bertz CT molecular complexity index is 703. The van der Waals surface area contributed by atoms with E-state index in [9.17, 15) is 4.79 Å². The maximum absolute atomic E-state index is 12.4. The monoisotopic (exact) mass is 329 g/mol. The smallest absolute Gasteiger partial charge is 0.254 e. The van der Waals surface area contributed by atoms with E-state index >= 15 is 0 Å². The van der Waals surface area contributed by atoms with Gasteiger partial charge in [-0.05, 0) is 48.8 Å². The molecule has 1 atom stereocenters. The predicted octanol–water partition coefficient (Wildman–Crippen LogP) is 3.01. The van der Waals surface area contributed by atoms with E-state index in [1.54, 1.807) is 19.5 Å². The van der Waals surface area contributed by atoms with Crippen molar-refractivity contribution in [2.45, 2.75) is 30.5 Å². The molecule has 0 radical (unpaired) electrons. The molecule has 1 aliphatic rings. The lowest BCUT2D eigenvalue weighted by Crippen LogP contribution is -2.31. The summed E-state index contributed by atoms with van der Waals surface area (Å²) in [6, 6.07) is 6.08. The largest absolute Gasteiger partial charge is 0.497 e. The first-order valence-corrected chi connectivity index (χ1v) is 8.77. The molecule has 1 aromatic carbocycles. The van der Waals surface area contributed by atoms with Crippen LogP contribution in [-0.4, -0.2) is 29.2 Å². The van der Waals surface area contributed by atoms with Crippen molar-refractivity contribution in [1.29, 1.82) is 0 Å². The van der Waals surface area contributed by atoms with Crippen LogP contribution in [0.1, 0.15) is 40.4 Å². The summed E-state index contributed by atoms with van der Waals surface area (Å²) in [5.41, 5.74) is 2.91. The first kappa shape index (κ1) is 15.8. The van der Waals surface area contributed by atoms with Crippen molar-refractivity contribution in [3.63, 3.8) is 0 Å². The highest BCUT2D eigenvalue weighted by Crippen LogP contribution is 2.32. The van der Waals surface area contributed by atoms with Crippen molar-refractivity contribution < 1.29 is 9.53 Å². The molecule has 120 valence electrons. The molecule has 1 amide bonds. The number of hydrogen-bond acceptors (Lipinski definition) is 5. The fourth-order valence-corrected chi connectivity index (χ4v) is 3.16. The lowest BCUT2D eigenvalue weighted by molar-refractivity contribution is 0.0932. The van der Waals surface area contributed by atoms with E-state index in [-0.39, 0.29) is 11.9 Å². The Morgan fingerprint density at radius 3 is 2.83 bits per heavy atom. The van der Waals surface area contributed by atoms with Crippen LogP contribution in [0.2, 0.25) is 0 Å². The van der Waals surface area contributed by atoms with Crippen molar-refractivity contribution in [3.8, 4) is 5.75 Å². The SMILES string of the molecule is COc1ccc2c(c1)CCC[C@@H]2NC(=O)c1cnc(SC)nc1. The molecular weight excluding hydrogens is 310 g/mol. The number of carbonyl (C=O) groups excluding carboxylic acids is 1. The second-order valence-electron chi connectivity index (χ2n) is 5.44. The lowest BCUT2D eigenvalue weighted by Gasteiger charge is -2.26. The summed E-state index contributed by atoms with van der Waals surface area (Å²) in [6.45, 7) is 0. The van der Waals surface area contributed by atoms with Crippen molar-refractivity contribution in [2.24, 2.45) is 0 Å². The average Bonchev–Trinajstić information content (AvgIpc) is 2.61. The van der Waals surface area contributed by atoms with Crippen LogP contribution in [0.4, 0.5) is 0 Å². The minimum atomic E-state index is -0.133. The second kappa shape index (κ2) is 7.00. The van der Waals surface area contributed by atoms with E-state index in [1.807, 2.05) is 18.4 Å². The van der Waals surface area contributed by atoms with Crippen molar-refractivity contribution >= 4 is 17.7 Å². The Morgan fingerprint density at radius 2 is 2.13 bits per heavy atom. The van der Waals surface area contributed by atoms with Gasteiger partial charge >= 0.3 is 0 Å². The molecule has 0 spiro atoms. The molecule has 2 aromatic rings. The minimum Gasteiger partial charge on any atom is -0.497 e. The van der Waals surface area contributed by atoms with E-state index < -0.39 is 0 Å². The number of fused-ring (bicyclic) bond motifs is 1. The molecule has 1 heterocycles. The van der Waals surface area contributed by atoms with E-state index in [0.717, 1.165) is 25.0 Å². The van der Waals surface area contributed by atoms with Crippen LogP contribution in [-0.2, 0) is 6.42 Å². The third kappa shape index (κ3) is 3.47. The first-order valence-electron chi connectivity index (χ1n) is 7.55. The summed E-state index contributed by atoms with van der Waals surface area (Å²) in [4.78, 5) is 20.7. The molecule has 0 fully saturated rings. The Kier molecular flexibility index (Phi) is 4.81. The number of nitrogens with zero attached hydrogens (tertiary/aromatic N) is 2. The van der Waals surface area contributed by atoms with Gasteiger partial charge in [0.15, 0.2) is 5.16 Å². The average molecular weight is 329 g/mol. The molecule has 1 aliphatic carbocycles. The van der Waals surface area contributed by atoms with Crippen LogP contribution >= 0.6 is 11.8 Å². The number of ether oxygens (including phenoxy) is 1. The fraction of sp³-hybridized carbons (Fsp3) is 0.353. The van der Waals surface area contributed by atoms with Gasteiger partial charge in [0, 0.05) is 12.4 Å². The standard InChI is InChI=1S/C17H19N3O2S/c1-22-13-6-7-14-11(8-13)4-3-5-15(14)20-16(21)12-9-18-17(23-2)19-10-12/h6-10,15H,3-5H2,1-2H3,(H,20,21)/t15-/m0/s1. The summed E-state index contributed by atoms with van der Waals surface area (Å²) >= 11 is 1.45. The van der Waals surface area contributed by atoms with Crippen LogP contribution in [0.3, 0.4) is 0 Å². The summed E-state index contributed by atoms with van der Waals surface area (Å²) in [5, 5.41) is 3.76. The quantitative estimate of drug-likeness (QED) is 0.690. The summed E-state index contributed by atoms with van der Waals surface area (Å²) in [5.74, 6) is 0.725. The molecule has 0 saturated carbocycles. The molecule has 0 aliphatic heterocycles. The molecule has 1 N–H and O–H groups in total. The summed E-state index contributed by atoms with van der Waals surface area (Å²) in [6.07, 6.45) is 8.06. The van der Waals surface area contributed by atoms with Crippen molar-refractivity contribution in [1.82, 2.24) is 15.3 Å². The van der Waals surface area contributed by atoms with Crippen LogP contribution in [0.5, 0.6) is 5.75 Å². The van der Waals surface area contributed by atoms with Crippen molar-refractivity contribution in [2.75, 3.05) is 13.4 Å². The maximum Gasteiger partial charge on any atom is 0.254 e. The number of nitrogens with one attached hydrogen (secondary N) is 1. The minimum absolute atomic E-state index is 0.0254. The number of thioether (sulfide) groups is 1. The zero-order chi connectivity index (χ0) is 16.2. The molecule has 1 aromatic heterocycles. The van der Waals surface area contributed by atoms with Crippen molar-refractivity contribution in [3.05, 3.63) is 47.3 Å².